The Morgan fingerprint density at radius 2 is 2.11 bits per heavy atom. The predicted molar refractivity (Wildman–Crippen MR) is 102 cm³/mol. The zero-order valence-electron chi connectivity index (χ0n) is 16.4. The van der Waals surface area contributed by atoms with E-state index < -0.39 is 11.5 Å². The number of hydrogen-bond acceptors (Lipinski definition) is 6. The first-order valence-electron chi connectivity index (χ1n) is 10.2. The molecule has 1 amide bonds. The number of methoxy groups -OCH3 is 1. The van der Waals surface area contributed by atoms with Crippen LogP contribution in [0.4, 0.5) is 0 Å². The van der Waals surface area contributed by atoms with Crippen LogP contribution in [0.2, 0.25) is 0 Å². The molecule has 1 aromatic heterocycles. The summed E-state index contributed by atoms with van der Waals surface area (Å²) in [5.74, 6) is 0.460. The molecule has 2 N–H and O–H groups in total. The number of cyclic esters (lactones) is 1. The second-order valence-corrected chi connectivity index (χ2v) is 8.41. The number of aromatic nitrogens is 1. The van der Waals surface area contributed by atoms with Crippen LogP contribution in [0.5, 0.6) is 0 Å². The Hall–Kier alpha value is -1.99. The summed E-state index contributed by atoms with van der Waals surface area (Å²) in [6, 6.07) is 3.78. The topological polar surface area (TPSA) is 94.8 Å². The van der Waals surface area contributed by atoms with Crippen molar-refractivity contribution in [1.82, 2.24) is 9.88 Å². The van der Waals surface area contributed by atoms with Crippen molar-refractivity contribution in [3.05, 3.63) is 29.6 Å². The van der Waals surface area contributed by atoms with E-state index in [-0.39, 0.29) is 11.7 Å². The lowest BCUT2D eigenvalue weighted by atomic mass is 9.62. The summed E-state index contributed by atoms with van der Waals surface area (Å²) in [5, 5.41) is 0. The van der Waals surface area contributed by atoms with Crippen LogP contribution in [0, 0.1) is 17.8 Å². The monoisotopic (exact) mass is 387 g/mol. The van der Waals surface area contributed by atoms with Gasteiger partial charge >= 0.3 is 5.97 Å². The average molecular weight is 387 g/mol. The maximum Gasteiger partial charge on any atom is 0.306 e. The molecule has 4 rings (SSSR count). The van der Waals surface area contributed by atoms with Gasteiger partial charge in [0.15, 0.2) is 0 Å². The predicted octanol–water partition coefficient (Wildman–Crippen LogP) is 1.71. The van der Waals surface area contributed by atoms with Crippen molar-refractivity contribution < 1.29 is 19.1 Å². The number of carbonyl (C=O) groups is 2. The van der Waals surface area contributed by atoms with Gasteiger partial charge in [-0.3, -0.25) is 14.6 Å². The summed E-state index contributed by atoms with van der Waals surface area (Å²) in [7, 11) is 1.78. The van der Waals surface area contributed by atoms with Gasteiger partial charge in [0.2, 0.25) is 0 Å². The van der Waals surface area contributed by atoms with E-state index >= 15 is 0 Å². The second kappa shape index (κ2) is 7.79. The fourth-order valence-corrected chi connectivity index (χ4v) is 5.66. The Morgan fingerprint density at radius 1 is 1.36 bits per heavy atom. The maximum absolute atomic E-state index is 11.6. The zero-order valence-corrected chi connectivity index (χ0v) is 16.4. The van der Waals surface area contributed by atoms with Crippen LogP contribution in [-0.4, -0.2) is 55.1 Å². The SMILES string of the molecule is COC1(c2ccnc(C(N)=O)c2)C2CCCC1CN(CC1CCOC(=O)C1)C2. The van der Waals surface area contributed by atoms with Crippen molar-refractivity contribution in [1.29, 1.82) is 0 Å². The number of nitrogens with two attached hydrogens (primary N) is 1. The van der Waals surface area contributed by atoms with Crippen molar-refractivity contribution in [2.45, 2.75) is 37.7 Å². The molecule has 2 bridgehead atoms. The highest BCUT2D eigenvalue weighted by molar-refractivity contribution is 5.90. The highest BCUT2D eigenvalue weighted by atomic mass is 16.5. The normalized spacial score (nSPS) is 33.3. The van der Waals surface area contributed by atoms with Crippen molar-refractivity contribution >= 4 is 11.9 Å². The average Bonchev–Trinajstić information content (AvgIpc) is 2.67. The fraction of sp³-hybridized carbons (Fsp3) is 0.667. The third-order valence-electron chi connectivity index (χ3n) is 6.84. The van der Waals surface area contributed by atoms with Crippen LogP contribution >= 0.6 is 0 Å². The third-order valence-corrected chi connectivity index (χ3v) is 6.84. The van der Waals surface area contributed by atoms with Crippen LogP contribution in [-0.2, 0) is 19.9 Å². The first-order valence-corrected chi connectivity index (χ1v) is 10.2. The van der Waals surface area contributed by atoms with E-state index in [0.29, 0.717) is 30.8 Å². The number of nitrogens with zero attached hydrogens (tertiary/aromatic N) is 2. The van der Waals surface area contributed by atoms with E-state index in [9.17, 15) is 9.59 Å². The molecule has 0 aromatic carbocycles. The van der Waals surface area contributed by atoms with Gasteiger partial charge in [-0.15, -0.1) is 0 Å². The molecule has 1 saturated carbocycles. The van der Waals surface area contributed by atoms with E-state index in [1.165, 1.54) is 6.42 Å². The molecule has 152 valence electrons. The van der Waals surface area contributed by atoms with Gasteiger partial charge in [0, 0.05) is 51.2 Å². The van der Waals surface area contributed by atoms with Crippen molar-refractivity contribution in [3.63, 3.8) is 0 Å². The Balaban J connectivity index is 1.57. The minimum absolute atomic E-state index is 0.0736. The van der Waals surface area contributed by atoms with E-state index in [4.69, 9.17) is 15.2 Å². The molecule has 2 saturated heterocycles. The lowest BCUT2D eigenvalue weighted by molar-refractivity contribution is -0.172. The molecule has 3 fully saturated rings. The van der Waals surface area contributed by atoms with Gasteiger partial charge in [0.1, 0.15) is 11.3 Å². The molecule has 1 aromatic rings. The molecular weight excluding hydrogens is 358 g/mol. The van der Waals surface area contributed by atoms with E-state index in [1.807, 2.05) is 12.1 Å². The maximum atomic E-state index is 11.6. The first-order chi connectivity index (χ1) is 13.5. The molecule has 3 atom stereocenters. The molecule has 2 aliphatic heterocycles. The number of fused-ring (bicyclic) bond motifs is 2. The standard InChI is InChI=1S/C21H29N3O4/c1-27-21(15-5-7-23-18(10-15)20(22)26)16-3-2-4-17(21)13-24(12-16)11-14-6-8-28-19(25)9-14/h5,7,10,14,16-17H,2-4,6,8-9,11-13H2,1H3,(H2,22,26). The van der Waals surface area contributed by atoms with Crippen LogP contribution in [0.15, 0.2) is 18.3 Å². The Morgan fingerprint density at radius 3 is 2.75 bits per heavy atom. The number of esters is 1. The van der Waals surface area contributed by atoms with E-state index in [0.717, 1.165) is 44.5 Å². The van der Waals surface area contributed by atoms with Gasteiger partial charge in [-0.25, -0.2) is 0 Å². The number of likely N-dealkylation sites (tertiary alicyclic amines) is 1. The number of piperidine rings is 1. The number of carbonyl (C=O) groups excluding carboxylic acids is 2. The number of amides is 1. The van der Waals surface area contributed by atoms with Crippen molar-refractivity contribution in [2.24, 2.45) is 23.5 Å². The zero-order chi connectivity index (χ0) is 19.7. The Labute approximate surface area is 165 Å². The molecule has 1 aliphatic carbocycles. The highest BCUT2D eigenvalue weighted by Gasteiger charge is 2.53. The molecule has 7 heteroatoms. The minimum atomic E-state index is -0.514. The largest absolute Gasteiger partial charge is 0.466 e. The summed E-state index contributed by atoms with van der Waals surface area (Å²) in [6.07, 6.45) is 6.49. The molecule has 3 unspecified atom stereocenters. The Bertz CT molecular complexity index is 739. The van der Waals surface area contributed by atoms with Crippen LogP contribution in [0.25, 0.3) is 0 Å². The van der Waals surface area contributed by atoms with Gasteiger partial charge < -0.3 is 20.1 Å². The summed E-state index contributed by atoms with van der Waals surface area (Å²) in [4.78, 5) is 29.9. The lowest BCUT2D eigenvalue weighted by Gasteiger charge is -2.55. The number of hydrogen-bond donors (Lipinski definition) is 1. The highest BCUT2D eigenvalue weighted by Crippen LogP contribution is 2.51. The summed E-state index contributed by atoms with van der Waals surface area (Å²) in [5.41, 5.74) is 6.35. The van der Waals surface area contributed by atoms with Gasteiger partial charge in [-0.1, -0.05) is 6.42 Å². The van der Waals surface area contributed by atoms with Crippen molar-refractivity contribution in [3.8, 4) is 0 Å². The van der Waals surface area contributed by atoms with Crippen LogP contribution in [0.1, 0.15) is 48.2 Å². The van der Waals surface area contributed by atoms with Gasteiger partial charge in [0.05, 0.1) is 6.61 Å². The lowest BCUT2D eigenvalue weighted by Crippen LogP contribution is -2.59. The number of primary amides is 1. The molecule has 3 heterocycles. The van der Waals surface area contributed by atoms with Crippen LogP contribution in [0.3, 0.4) is 0 Å². The van der Waals surface area contributed by atoms with E-state index in [2.05, 4.69) is 9.88 Å². The quantitative estimate of drug-likeness (QED) is 0.773. The van der Waals surface area contributed by atoms with Crippen molar-refractivity contribution in [2.75, 3.05) is 33.4 Å². The molecule has 28 heavy (non-hydrogen) atoms. The number of pyridine rings is 1. The molecule has 0 spiro atoms. The second-order valence-electron chi connectivity index (χ2n) is 8.41. The third kappa shape index (κ3) is 3.42. The van der Waals surface area contributed by atoms with Gasteiger partial charge in [0.25, 0.3) is 5.91 Å². The molecule has 7 nitrogen and oxygen atoms in total. The summed E-state index contributed by atoms with van der Waals surface area (Å²) >= 11 is 0. The number of rotatable bonds is 5. The van der Waals surface area contributed by atoms with Crippen LogP contribution < -0.4 is 5.73 Å². The Kier molecular flexibility index (Phi) is 5.38. The van der Waals surface area contributed by atoms with E-state index in [1.54, 1.807) is 13.3 Å². The number of ether oxygens (including phenoxy) is 2. The van der Waals surface area contributed by atoms with Gasteiger partial charge in [-0.2, -0.15) is 0 Å². The molecule has 0 radical (unpaired) electrons. The van der Waals surface area contributed by atoms with Gasteiger partial charge in [-0.05, 0) is 42.9 Å². The first kappa shape index (κ1) is 19.3. The summed E-state index contributed by atoms with van der Waals surface area (Å²) in [6.45, 7) is 3.35. The minimum Gasteiger partial charge on any atom is -0.466 e. The molecule has 3 aliphatic rings. The fourth-order valence-electron chi connectivity index (χ4n) is 5.66. The summed E-state index contributed by atoms with van der Waals surface area (Å²) < 4.78 is 11.3. The smallest absolute Gasteiger partial charge is 0.306 e. The molecular formula is C21H29N3O4.